The molecule has 0 aliphatic carbocycles. The Morgan fingerprint density at radius 3 is 2.38 bits per heavy atom. The third-order valence-corrected chi connectivity index (χ3v) is 3.73. The van der Waals surface area contributed by atoms with Crippen LogP contribution in [-0.4, -0.2) is 24.5 Å². The van der Waals surface area contributed by atoms with Crippen LogP contribution in [0.3, 0.4) is 0 Å². The van der Waals surface area contributed by atoms with E-state index in [1.165, 1.54) is 44.3 Å². The molecular weight excluding hydrogens is 260 g/mol. The van der Waals surface area contributed by atoms with Crippen LogP contribution in [0.5, 0.6) is 0 Å². The van der Waals surface area contributed by atoms with E-state index in [-0.39, 0.29) is 0 Å². The van der Waals surface area contributed by atoms with Crippen LogP contribution in [0.4, 0.5) is 0 Å². The van der Waals surface area contributed by atoms with E-state index in [0.717, 1.165) is 25.4 Å². The van der Waals surface area contributed by atoms with Crippen molar-refractivity contribution in [3.63, 3.8) is 0 Å². The quantitative estimate of drug-likeness (QED) is 0.618. The highest BCUT2D eigenvalue weighted by Crippen LogP contribution is 2.14. The molecule has 1 N–H and O–H groups in total. The predicted molar refractivity (Wildman–Crippen MR) is 90.3 cm³/mol. The first-order chi connectivity index (χ1) is 10.2. The summed E-state index contributed by atoms with van der Waals surface area (Å²) in [4.78, 5) is 2.57. The first-order valence-corrected chi connectivity index (χ1v) is 8.65. The van der Waals surface area contributed by atoms with Crippen molar-refractivity contribution in [1.29, 1.82) is 0 Å². The number of nitrogens with one attached hydrogen (secondary N) is 1. The van der Waals surface area contributed by atoms with E-state index in [0.29, 0.717) is 5.92 Å². The maximum absolute atomic E-state index is 5.67. The van der Waals surface area contributed by atoms with Crippen LogP contribution >= 0.6 is 0 Å². The molecule has 0 atom stereocenters. The molecule has 0 bridgehead atoms. The molecular formula is C18H34N2O. The summed E-state index contributed by atoms with van der Waals surface area (Å²) in [5.41, 5.74) is 1.35. The molecule has 0 amide bonds. The van der Waals surface area contributed by atoms with Crippen LogP contribution in [-0.2, 0) is 13.1 Å². The molecule has 1 aromatic heterocycles. The monoisotopic (exact) mass is 294 g/mol. The Kier molecular flexibility index (Phi) is 9.44. The fourth-order valence-electron chi connectivity index (χ4n) is 2.41. The minimum absolute atomic E-state index is 0.675. The lowest BCUT2D eigenvalue weighted by Crippen LogP contribution is -2.26. The summed E-state index contributed by atoms with van der Waals surface area (Å²) >= 11 is 0. The zero-order chi connectivity index (χ0) is 15.5. The smallest absolute Gasteiger partial charge is 0.122 e. The zero-order valence-corrected chi connectivity index (χ0v) is 14.5. The van der Waals surface area contributed by atoms with Crippen LogP contribution in [0.25, 0.3) is 0 Å². The van der Waals surface area contributed by atoms with Gasteiger partial charge in [-0.15, -0.1) is 0 Å². The van der Waals surface area contributed by atoms with E-state index in [4.69, 9.17) is 4.42 Å². The van der Waals surface area contributed by atoms with E-state index in [9.17, 15) is 0 Å². The molecule has 0 radical (unpaired) electrons. The highest BCUT2D eigenvalue weighted by Gasteiger charge is 2.11. The fraction of sp³-hybridized carbons (Fsp3) is 0.778. The molecule has 1 heterocycles. The molecule has 0 saturated heterocycles. The molecule has 1 rings (SSSR count). The van der Waals surface area contributed by atoms with Gasteiger partial charge >= 0.3 is 0 Å². The summed E-state index contributed by atoms with van der Waals surface area (Å²) in [6.07, 6.45) is 6.91. The number of hydrogen-bond donors (Lipinski definition) is 1. The van der Waals surface area contributed by atoms with Crippen molar-refractivity contribution in [1.82, 2.24) is 10.2 Å². The average molecular weight is 294 g/mol. The summed E-state index contributed by atoms with van der Waals surface area (Å²) in [5.74, 6) is 1.78. The number of rotatable bonds is 12. The van der Waals surface area contributed by atoms with Crippen molar-refractivity contribution >= 4 is 0 Å². The summed E-state index contributed by atoms with van der Waals surface area (Å²) in [6.45, 7) is 14.3. The van der Waals surface area contributed by atoms with Crippen molar-refractivity contribution in [3.05, 3.63) is 23.7 Å². The lowest BCUT2D eigenvalue weighted by atomic mass is 10.2. The minimum atomic E-state index is 0.675. The fourth-order valence-corrected chi connectivity index (χ4v) is 2.41. The lowest BCUT2D eigenvalue weighted by molar-refractivity contribution is 0.254. The standard InChI is InChI=1S/C18H34N2O/c1-5-7-10-20(11-8-6-2)15-17-9-12-21-18(17)14-19-13-16(3)4/h9,12,16,19H,5-8,10-11,13-15H2,1-4H3. The van der Waals surface area contributed by atoms with Crippen LogP contribution in [0.1, 0.15) is 64.7 Å². The van der Waals surface area contributed by atoms with E-state index < -0.39 is 0 Å². The summed E-state index contributed by atoms with van der Waals surface area (Å²) in [7, 11) is 0. The van der Waals surface area contributed by atoms with Gasteiger partial charge in [-0.1, -0.05) is 40.5 Å². The Hall–Kier alpha value is -0.800. The lowest BCUT2D eigenvalue weighted by Gasteiger charge is -2.22. The minimum Gasteiger partial charge on any atom is -0.468 e. The van der Waals surface area contributed by atoms with E-state index >= 15 is 0 Å². The van der Waals surface area contributed by atoms with Gasteiger partial charge in [-0.3, -0.25) is 4.90 Å². The maximum Gasteiger partial charge on any atom is 0.122 e. The molecule has 0 aliphatic rings. The molecule has 0 aromatic carbocycles. The second-order valence-electron chi connectivity index (χ2n) is 6.38. The Morgan fingerprint density at radius 2 is 1.81 bits per heavy atom. The third kappa shape index (κ3) is 7.68. The number of furan rings is 1. The first-order valence-electron chi connectivity index (χ1n) is 8.65. The van der Waals surface area contributed by atoms with Gasteiger partial charge in [-0.2, -0.15) is 0 Å². The SMILES string of the molecule is CCCCN(CCCC)Cc1ccoc1CNCC(C)C. The molecule has 0 saturated carbocycles. The molecule has 0 aliphatic heterocycles. The average Bonchev–Trinajstić information content (AvgIpc) is 2.88. The molecule has 3 heteroatoms. The van der Waals surface area contributed by atoms with Crippen LogP contribution in [0.15, 0.2) is 16.7 Å². The van der Waals surface area contributed by atoms with Gasteiger partial charge in [-0.25, -0.2) is 0 Å². The highest BCUT2D eigenvalue weighted by atomic mass is 16.3. The van der Waals surface area contributed by atoms with Gasteiger partial charge in [0.2, 0.25) is 0 Å². The molecule has 122 valence electrons. The second kappa shape index (κ2) is 10.9. The molecule has 0 fully saturated rings. The van der Waals surface area contributed by atoms with Crippen molar-refractivity contribution in [2.24, 2.45) is 5.92 Å². The predicted octanol–water partition coefficient (Wildman–Crippen LogP) is 4.43. The van der Waals surface area contributed by atoms with Gasteiger partial charge < -0.3 is 9.73 Å². The van der Waals surface area contributed by atoms with Gasteiger partial charge in [0.15, 0.2) is 0 Å². The summed E-state index contributed by atoms with van der Waals surface area (Å²) in [6, 6.07) is 2.14. The maximum atomic E-state index is 5.67. The van der Waals surface area contributed by atoms with Crippen molar-refractivity contribution in [3.8, 4) is 0 Å². The Labute approximate surface area is 131 Å². The zero-order valence-electron chi connectivity index (χ0n) is 14.5. The molecule has 3 nitrogen and oxygen atoms in total. The van der Waals surface area contributed by atoms with Gasteiger partial charge in [0, 0.05) is 12.1 Å². The van der Waals surface area contributed by atoms with Gasteiger partial charge in [0.05, 0.1) is 12.8 Å². The molecule has 0 unspecified atom stereocenters. The van der Waals surface area contributed by atoms with Crippen molar-refractivity contribution in [2.45, 2.75) is 66.5 Å². The molecule has 1 aromatic rings. The largest absolute Gasteiger partial charge is 0.468 e. The Morgan fingerprint density at radius 1 is 1.14 bits per heavy atom. The molecule has 0 spiro atoms. The van der Waals surface area contributed by atoms with E-state index in [2.05, 4.69) is 44.0 Å². The number of nitrogens with zero attached hydrogens (tertiary/aromatic N) is 1. The normalized spacial score (nSPS) is 11.7. The van der Waals surface area contributed by atoms with Gasteiger partial charge in [-0.05, 0) is 44.5 Å². The third-order valence-electron chi connectivity index (χ3n) is 3.73. The van der Waals surface area contributed by atoms with Gasteiger partial charge in [0.25, 0.3) is 0 Å². The van der Waals surface area contributed by atoms with Crippen LogP contribution in [0, 0.1) is 5.92 Å². The highest BCUT2D eigenvalue weighted by molar-refractivity contribution is 5.16. The van der Waals surface area contributed by atoms with E-state index in [1.807, 2.05) is 6.26 Å². The number of unbranched alkanes of at least 4 members (excludes halogenated alkanes) is 2. The van der Waals surface area contributed by atoms with Gasteiger partial charge in [0.1, 0.15) is 5.76 Å². The van der Waals surface area contributed by atoms with E-state index in [1.54, 1.807) is 0 Å². The van der Waals surface area contributed by atoms with Crippen LogP contribution < -0.4 is 5.32 Å². The topological polar surface area (TPSA) is 28.4 Å². The summed E-state index contributed by atoms with van der Waals surface area (Å²) in [5, 5.41) is 3.47. The number of hydrogen-bond acceptors (Lipinski definition) is 3. The first kappa shape index (κ1) is 18.2. The van der Waals surface area contributed by atoms with Crippen LogP contribution in [0.2, 0.25) is 0 Å². The van der Waals surface area contributed by atoms with Crippen molar-refractivity contribution in [2.75, 3.05) is 19.6 Å². The Balaban J connectivity index is 2.51. The second-order valence-corrected chi connectivity index (χ2v) is 6.38. The van der Waals surface area contributed by atoms with Crippen molar-refractivity contribution < 1.29 is 4.42 Å². The summed E-state index contributed by atoms with van der Waals surface area (Å²) < 4.78 is 5.67. The molecule has 21 heavy (non-hydrogen) atoms. The Bertz CT molecular complexity index is 352.